The molecule has 2 rings (SSSR count). The van der Waals surface area contributed by atoms with Crippen molar-refractivity contribution in [3.63, 3.8) is 0 Å². The van der Waals surface area contributed by atoms with Gasteiger partial charge in [0.25, 0.3) is 5.56 Å². The van der Waals surface area contributed by atoms with Gasteiger partial charge in [-0.15, -0.1) is 0 Å². The smallest absolute Gasteiger partial charge is 0.254 e. The molecular formula is C18H22ClN3O2S. The first-order chi connectivity index (χ1) is 11.9. The van der Waals surface area contributed by atoms with E-state index in [1.165, 1.54) is 11.8 Å². The first kappa shape index (κ1) is 19.5. The van der Waals surface area contributed by atoms with E-state index in [9.17, 15) is 9.59 Å². The maximum atomic E-state index is 12.5. The molecule has 25 heavy (non-hydrogen) atoms. The van der Waals surface area contributed by atoms with Gasteiger partial charge in [0.1, 0.15) is 0 Å². The molecule has 0 spiro atoms. The highest BCUT2D eigenvalue weighted by molar-refractivity contribution is 7.98. The number of carbonyl (C=O) groups is 1. The zero-order valence-electron chi connectivity index (χ0n) is 14.6. The van der Waals surface area contributed by atoms with E-state index in [0.717, 1.165) is 5.56 Å². The molecular weight excluding hydrogens is 358 g/mol. The molecule has 1 aromatic carbocycles. The molecule has 1 amide bonds. The second kappa shape index (κ2) is 9.06. The highest BCUT2D eigenvalue weighted by Gasteiger charge is 2.15. The molecule has 134 valence electrons. The molecule has 0 unspecified atom stereocenters. The van der Waals surface area contributed by atoms with Crippen molar-refractivity contribution in [1.29, 1.82) is 0 Å². The van der Waals surface area contributed by atoms with E-state index in [0.29, 0.717) is 40.9 Å². The van der Waals surface area contributed by atoms with Crippen LogP contribution in [0, 0.1) is 6.92 Å². The number of benzene rings is 1. The van der Waals surface area contributed by atoms with E-state index in [1.54, 1.807) is 11.8 Å². The molecule has 0 saturated carbocycles. The van der Waals surface area contributed by atoms with Gasteiger partial charge < -0.3 is 9.88 Å². The van der Waals surface area contributed by atoms with Crippen LogP contribution in [0.25, 0.3) is 0 Å². The van der Waals surface area contributed by atoms with Crippen LogP contribution >= 0.6 is 23.4 Å². The highest BCUT2D eigenvalue weighted by atomic mass is 35.5. The summed E-state index contributed by atoms with van der Waals surface area (Å²) >= 11 is 7.39. The van der Waals surface area contributed by atoms with Crippen LogP contribution < -0.4 is 5.56 Å². The summed E-state index contributed by atoms with van der Waals surface area (Å²) in [6.45, 7) is 4.85. The van der Waals surface area contributed by atoms with E-state index in [2.05, 4.69) is 9.97 Å². The van der Waals surface area contributed by atoms with Crippen molar-refractivity contribution in [2.45, 2.75) is 38.4 Å². The Kier molecular flexibility index (Phi) is 7.08. The van der Waals surface area contributed by atoms with Crippen LogP contribution in [-0.2, 0) is 17.8 Å². The third-order valence-electron chi connectivity index (χ3n) is 3.98. The Balaban J connectivity index is 2.04. The molecule has 1 N–H and O–H groups in total. The number of H-pyrrole nitrogens is 1. The highest BCUT2D eigenvalue weighted by Crippen LogP contribution is 2.14. The Hall–Kier alpha value is -1.79. The van der Waals surface area contributed by atoms with Crippen LogP contribution in [0.2, 0.25) is 5.02 Å². The summed E-state index contributed by atoms with van der Waals surface area (Å²) in [5.41, 5.74) is 2.08. The number of nitrogens with one attached hydrogen (secondary N) is 1. The first-order valence-corrected chi connectivity index (χ1v) is 9.70. The maximum Gasteiger partial charge on any atom is 0.254 e. The van der Waals surface area contributed by atoms with Gasteiger partial charge >= 0.3 is 0 Å². The topological polar surface area (TPSA) is 66.1 Å². The van der Waals surface area contributed by atoms with Gasteiger partial charge in [0.15, 0.2) is 5.16 Å². The fraction of sp³-hybridized carbons (Fsp3) is 0.389. The number of rotatable bonds is 7. The van der Waals surface area contributed by atoms with Crippen molar-refractivity contribution in [2.75, 3.05) is 12.8 Å². The first-order valence-electron chi connectivity index (χ1n) is 8.10. The minimum absolute atomic E-state index is 0.00946. The monoisotopic (exact) mass is 379 g/mol. The average Bonchev–Trinajstić information content (AvgIpc) is 2.58. The van der Waals surface area contributed by atoms with Crippen molar-refractivity contribution in [3.8, 4) is 0 Å². The normalized spacial score (nSPS) is 10.7. The third kappa shape index (κ3) is 5.34. The van der Waals surface area contributed by atoms with Crippen molar-refractivity contribution >= 4 is 29.3 Å². The number of aromatic nitrogens is 2. The Bertz CT molecular complexity index is 807. The summed E-state index contributed by atoms with van der Waals surface area (Å²) < 4.78 is 0. The number of carbonyl (C=O) groups excluding carboxylic acids is 1. The van der Waals surface area contributed by atoms with Gasteiger partial charge in [-0.1, -0.05) is 35.5 Å². The molecule has 0 atom stereocenters. The third-order valence-corrected chi connectivity index (χ3v) is 4.79. The lowest BCUT2D eigenvalue weighted by Gasteiger charge is -2.21. The van der Waals surface area contributed by atoms with Gasteiger partial charge in [0.2, 0.25) is 5.91 Å². The van der Waals surface area contributed by atoms with Gasteiger partial charge in [0, 0.05) is 35.8 Å². The van der Waals surface area contributed by atoms with Gasteiger partial charge in [-0.05, 0) is 44.2 Å². The second-order valence-electron chi connectivity index (χ2n) is 5.68. The summed E-state index contributed by atoms with van der Waals surface area (Å²) in [5.74, 6) is 0.00946. The minimum atomic E-state index is -0.164. The van der Waals surface area contributed by atoms with Crippen molar-refractivity contribution < 1.29 is 4.79 Å². The second-order valence-corrected chi connectivity index (χ2v) is 6.91. The van der Waals surface area contributed by atoms with Crippen molar-refractivity contribution in [3.05, 3.63) is 56.5 Å². The molecule has 7 heteroatoms. The van der Waals surface area contributed by atoms with E-state index in [-0.39, 0.29) is 17.9 Å². The number of hydrogen-bond donors (Lipinski definition) is 1. The van der Waals surface area contributed by atoms with Gasteiger partial charge in [0.05, 0.1) is 0 Å². The fourth-order valence-corrected chi connectivity index (χ4v) is 3.23. The standard InChI is InChI=1S/C18H22ClN3O2S/c1-4-22(11-13-6-5-7-14(19)10-13)16(23)9-8-15-12(2)20-18(25-3)21-17(15)24/h5-7,10H,4,8-9,11H2,1-3H3,(H,20,21,24). The molecule has 1 aromatic heterocycles. The van der Waals surface area contributed by atoms with E-state index < -0.39 is 0 Å². The predicted octanol–water partition coefficient (Wildman–Crippen LogP) is 3.43. The fourth-order valence-electron chi connectivity index (χ4n) is 2.60. The predicted molar refractivity (Wildman–Crippen MR) is 102 cm³/mol. The number of nitrogens with zero attached hydrogens (tertiary/aromatic N) is 2. The summed E-state index contributed by atoms with van der Waals surface area (Å²) in [4.78, 5) is 33.5. The largest absolute Gasteiger partial charge is 0.339 e. The molecule has 2 aromatic rings. The Morgan fingerprint density at radius 2 is 2.16 bits per heavy atom. The van der Waals surface area contributed by atoms with Crippen LogP contribution in [0.1, 0.15) is 30.2 Å². The van der Waals surface area contributed by atoms with E-state index in [4.69, 9.17) is 11.6 Å². The van der Waals surface area contributed by atoms with Crippen LogP contribution in [0.3, 0.4) is 0 Å². The van der Waals surface area contributed by atoms with E-state index >= 15 is 0 Å². The molecule has 5 nitrogen and oxygen atoms in total. The number of aromatic amines is 1. The maximum absolute atomic E-state index is 12.5. The molecule has 1 heterocycles. The number of amides is 1. The number of aryl methyl sites for hydroxylation is 1. The average molecular weight is 380 g/mol. The molecule has 0 bridgehead atoms. The van der Waals surface area contributed by atoms with Crippen LogP contribution in [0.15, 0.2) is 34.2 Å². The Morgan fingerprint density at radius 1 is 1.40 bits per heavy atom. The van der Waals surface area contributed by atoms with Crippen molar-refractivity contribution in [2.24, 2.45) is 0 Å². The summed E-state index contributed by atoms with van der Waals surface area (Å²) in [6, 6.07) is 7.49. The van der Waals surface area contributed by atoms with Gasteiger partial charge in [-0.25, -0.2) is 4.98 Å². The number of halogens is 1. The van der Waals surface area contributed by atoms with E-state index in [1.807, 2.05) is 37.4 Å². The Labute approximate surface area is 156 Å². The van der Waals surface area contributed by atoms with Crippen LogP contribution in [0.5, 0.6) is 0 Å². The summed E-state index contributed by atoms with van der Waals surface area (Å²) in [7, 11) is 0. The Morgan fingerprint density at radius 3 is 2.76 bits per heavy atom. The van der Waals surface area contributed by atoms with Crippen molar-refractivity contribution in [1.82, 2.24) is 14.9 Å². The SMILES string of the molecule is CCN(Cc1cccc(Cl)c1)C(=O)CCc1c(C)nc(SC)[nH]c1=O. The molecule has 0 radical (unpaired) electrons. The lowest BCUT2D eigenvalue weighted by Crippen LogP contribution is -2.31. The number of hydrogen-bond acceptors (Lipinski definition) is 4. The summed E-state index contributed by atoms with van der Waals surface area (Å²) in [5, 5.41) is 1.25. The zero-order chi connectivity index (χ0) is 18.4. The van der Waals surface area contributed by atoms with Gasteiger partial charge in [-0.3, -0.25) is 9.59 Å². The van der Waals surface area contributed by atoms with Gasteiger partial charge in [-0.2, -0.15) is 0 Å². The minimum Gasteiger partial charge on any atom is -0.339 e. The number of thioether (sulfide) groups is 1. The van der Waals surface area contributed by atoms with Crippen LogP contribution in [-0.4, -0.2) is 33.6 Å². The summed E-state index contributed by atoms with van der Waals surface area (Å²) in [6.07, 6.45) is 2.52. The molecule has 0 fully saturated rings. The lowest BCUT2D eigenvalue weighted by molar-refractivity contribution is -0.131. The molecule has 0 saturated heterocycles. The van der Waals surface area contributed by atoms with Crippen LogP contribution in [0.4, 0.5) is 0 Å². The zero-order valence-corrected chi connectivity index (χ0v) is 16.2. The molecule has 0 aliphatic heterocycles. The molecule has 0 aliphatic carbocycles. The quantitative estimate of drug-likeness (QED) is 0.591. The lowest BCUT2D eigenvalue weighted by atomic mass is 10.1. The molecule has 0 aliphatic rings.